The van der Waals surface area contributed by atoms with Gasteiger partial charge in [-0.1, -0.05) is 38.5 Å². The van der Waals surface area contributed by atoms with Crippen molar-refractivity contribution in [1.29, 1.82) is 0 Å². The first kappa shape index (κ1) is 20.3. The number of nitrogens with zero attached hydrogens (tertiary/aromatic N) is 1. The van der Waals surface area contributed by atoms with Crippen LogP contribution in [0.4, 0.5) is 10.1 Å². The number of benzene rings is 2. The predicted molar refractivity (Wildman–Crippen MR) is 107 cm³/mol. The molecule has 3 atom stereocenters. The highest BCUT2D eigenvalue weighted by Gasteiger charge is 2.29. The van der Waals surface area contributed by atoms with E-state index < -0.39 is 4.92 Å². The summed E-state index contributed by atoms with van der Waals surface area (Å²) in [6.45, 7) is 4.33. The zero-order chi connectivity index (χ0) is 20.3. The molecule has 0 spiro atoms. The van der Waals surface area contributed by atoms with Crippen LogP contribution in [0, 0.1) is 27.8 Å². The van der Waals surface area contributed by atoms with Crippen LogP contribution in [0.5, 0.6) is 0 Å². The molecular weight excluding hydrogens is 379 g/mol. The number of hydrogen-bond donors (Lipinski definition) is 1. The van der Waals surface area contributed by atoms with Crippen LogP contribution in [0.25, 0.3) is 0 Å². The van der Waals surface area contributed by atoms with Crippen LogP contribution in [0.2, 0.25) is 0 Å². The predicted octanol–water partition coefficient (Wildman–Crippen LogP) is 5.44. The summed E-state index contributed by atoms with van der Waals surface area (Å²) in [5.41, 5.74) is 0.146. The zero-order valence-corrected chi connectivity index (χ0v) is 16.7. The molecule has 2 aromatic carbocycles. The van der Waals surface area contributed by atoms with Crippen LogP contribution >= 0.6 is 11.8 Å². The number of rotatable bonds is 5. The Morgan fingerprint density at radius 2 is 1.89 bits per heavy atom. The molecule has 1 saturated carbocycles. The normalized spacial score (nSPS) is 21.9. The third-order valence-corrected chi connectivity index (χ3v) is 6.56. The molecule has 3 rings (SSSR count). The molecule has 0 aromatic heterocycles. The second kappa shape index (κ2) is 8.73. The zero-order valence-electron chi connectivity index (χ0n) is 15.9. The van der Waals surface area contributed by atoms with E-state index in [-0.39, 0.29) is 29.0 Å². The van der Waals surface area contributed by atoms with Gasteiger partial charge in [-0.25, -0.2) is 4.39 Å². The second-order valence-electron chi connectivity index (χ2n) is 7.34. The molecule has 28 heavy (non-hydrogen) atoms. The molecule has 0 heterocycles. The summed E-state index contributed by atoms with van der Waals surface area (Å²) in [7, 11) is 0. The molecule has 0 aliphatic heterocycles. The minimum absolute atomic E-state index is 0.0866. The molecule has 1 aliphatic rings. The molecule has 148 valence electrons. The average molecular weight is 402 g/mol. The molecule has 0 bridgehead atoms. The minimum atomic E-state index is -0.492. The van der Waals surface area contributed by atoms with Crippen molar-refractivity contribution in [2.75, 3.05) is 0 Å². The van der Waals surface area contributed by atoms with Gasteiger partial charge < -0.3 is 5.32 Å². The lowest BCUT2D eigenvalue weighted by Gasteiger charge is -2.34. The van der Waals surface area contributed by atoms with Crippen LogP contribution in [-0.4, -0.2) is 16.9 Å². The number of nitro groups is 1. The van der Waals surface area contributed by atoms with Gasteiger partial charge in [-0.2, -0.15) is 0 Å². The Kier molecular flexibility index (Phi) is 6.34. The third-order valence-electron chi connectivity index (χ3n) is 5.48. The van der Waals surface area contributed by atoms with Crippen LogP contribution in [-0.2, 0) is 0 Å². The molecule has 0 unspecified atom stereocenters. The first-order valence-corrected chi connectivity index (χ1v) is 10.2. The largest absolute Gasteiger partial charge is 0.349 e. The molecule has 1 amide bonds. The number of amides is 1. The SMILES string of the molecule is C[C@@H]1[C@H](C)CCC[C@H]1NC(=O)c1ccc(Sc2ccc(F)cc2)c([N+](=O)[O-])c1. The smallest absolute Gasteiger partial charge is 0.284 e. The Bertz CT molecular complexity index is 872. The summed E-state index contributed by atoms with van der Waals surface area (Å²) in [5.74, 6) is 0.272. The first-order chi connectivity index (χ1) is 13.3. The van der Waals surface area contributed by atoms with E-state index in [1.165, 1.54) is 30.0 Å². The number of hydrogen-bond acceptors (Lipinski definition) is 4. The van der Waals surface area contributed by atoms with Crippen molar-refractivity contribution < 1.29 is 14.1 Å². The maximum absolute atomic E-state index is 13.1. The maximum atomic E-state index is 13.1. The van der Waals surface area contributed by atoms with E-state index >= 15 is 0 Å². The van der Waals surface area contributed by atoms with Gasteiger partial charge in [-0.05, 0) is 54.7 Å². The summed E-state index contributed by atoms with van der Waals surface area (Å²) in [4.78, 5) is 24.8. The van der Waals surface area contributed by atoms with Crippen LogP contribution in [0.1, 0.15) is 43.5 Å². The van der Waals surface area contributed by atoms with E-state index in [1.54, 1.807) is 24.3 Å². The van der Waals surface area contributed by atoms with Gasteiger partial charge in [0.25, 0.3) is 11.6 Å². The molecule has 7 heteroatoms. The van der Waals surface area contributed by atoms with E-state index in [2.05, 4.69) is 19.2 Å². The number of nitrogens with one attached hydrogen (secondary N) is 1. The Labute approximate surface area is 167 Å². The van der Waals surface area contributed by atoms with Gasteiger partial charge in [-0.3, -0.25) is 14.9 Å². The van der Waals surface area contributed by atoms with Crippen molar-refractivity contribution in [3.05, 3.63) is 64.0 Å². The topological polar surface area (TPSA) is 72.2 Å². The van der Waals surface area contributed by atoms with Gasteiger partial charge in [0.2, 0.25) is 0 Å². The van der Waals surface area contributed by atoms with E-state index in [0.29, 0.717) is 21.6 Å². The van der Waals surface area contributed by atoms with Crippen molar-refractivity contribution in [1.82, 2.24) is 5.32 Å². The van der Waals surface area contributed by atoms with Gasteiger partial charge in [0.05, 0.1) is 9.82 Å². The van der Waals surface area contributed by atoms with E-state index in [0.717, 1.165) is 19.3 Å². The van der Waals surface area contributed by atoms with Gasteiger partial charge in [-0.15, -0.1) is 0 Å². The van der Waals surface area contributed by atoms with Crippen molar-refractivity contribution in [2.45, 2.75) is 48.9 Å². The number of nitro benzene ring substituents is 1. The standard InChI is InChI=1S/C21H23FN2O3S/c1-13-4-3-5-18(14(13)2)23-21(25)15-6-11-20(19(12-15)24(26)27)28-17-9-7-16(22)8-10-17/h6-14,18H,3-5H2,1-2H3,(H,23,25)/t13-,14-,18-/m1/s1. The van der Waals surface area contributed by atoms with Crippen LogP contribution < -0.4 is 5.32 Å². The summed E-state index contributed by atoms with van der Waals surface area (Å²) >= 11 is 1.17. The first-order valence-electron chi connectivity index (χ1n) is 9.38. The molecule has 0 saturated heterocycles. The summed E-state index contributed by atoms with van der Waals surface area (Å²) in [5, 5.41) is 14.6. The molecule has 0 radical (unpaired) electrons. The monoisotopic (exact) mass is 402 g/mol. The van der Waals surface area contributed by atoms with Gasteiger partial charge in [0, 0.05) is 22.6 Å². The fraction of sp³-hybridized carbons (Fsp3) is 0.381. The van der Waals surface area contributed by atoms with Crippen LogP contribution in [0.15, 0.2) is 52.3 Å². The average Bonchev–Trinajstić information content (AvgIpc) is 2.67. The molecule has 2 aromatic rings. The third kappa shape index (κ3) is 4.70. The number of halogens is 1. The highest BCUT2D eigenvalue weighted by Crippen LogP contribution is 2.36. The van der Waals surface area contributed by atoms with Gasteiger partial charge in [0.15, 0.2) is 0 Å². The molecule has 1 aliphatic carbocycles. The lowest BCUT2D eigenvalue weighted by atomic mass is 9.78. The number of carbonyl (C=O) groups excluding carboxylic acids is 1. The quantitative estimate of drug-likeness (QED) is 0.534. The van der Waals surface area contributed by atoms with Crippen molar-refractivity contribution in [2.24, 2.45) is 11.8 Å². The fourth-order valence-corrected chi connectivity index (χ4v) is 4.45. The van der Waals surface area contributed by atoms with Gasteiger partial charge in [0.1, 0.15) is 5.82 Å². The molecular formula is C21H23FN2O3S. The highest BCUT2D eigenvalue weighted by molar-refractivity contribution is 7.99. The maximum Gasteiger partial charge on any atom is 0.284 e. The van der Waals surface area contributed by atoms with Crippen molar-refractivity contribution in [3.8, 4) is 0 Å². The van der Waals surface area contributed by atoms with Crippen LogP contribution in [0.3, 0.4) is 0 Å². The molecule has 1 fully saturated rings. The Hall–Kier alpha value is -2.41. The van der Waals surface area contributed by atoms with Gasteiger partial charge >= 0.3 is 0 Å². The van der Waals surface area contributed by atoms with E-state index in [1.807, 2.05) is 0 Å². The fourth-order valence-electron chi connectivity index (χ4n) is 3.55. The number of carbonyl (C=O) groups is 1. The Morgan fingerprint density at radius 3 is 2.57 bits per heavy atom. The Morgan fingerprint density at radius 1 is 1.18 bits per heavy atom. The summed E-state index contributed by atoms with van der Waals surface area (Å²) in [6, 6.07) is 10.3. The Balaban J connectivity index is 1.79. The lowest BCUT2D eigenvalue weighted by molar-refractivity contribution is -0.387. The molecule has 5 nitrogen and oxygen atoms in total. The summed E-state index contributed by atoms with van der Waals surface area (Å²) < 4.78 is 13.1. The lowest BCUT2D eigenvalue weighted by Crippen LogP contribution is -2.43. The second-order valence-corrected chi connectivity index (χ2v) is 8.46. The summed E-state index contributed by atoms with van der Waals surface area (Å²) in [6.07, 6.45) is 3.16. The highest BCUT2D eigenvalue weighted by atomic mass is 32.2. The molecule has 1 N–H and O–H groups in total. The van der Waals surface area contributed by atoms with E-state index in [9.17, 15) is 19.3 Å². The van der Waals surface area contributed by atoms with Crippen molar-refractivity contribution >= 4 is 23.4 Å². The van der Waals surface area contributed by atoms with Crippen molar-refractivity contribution in [3.63, 3.8) is 0 Å². The minimum Gasteiger partial charge on any atom is -0.349 e. The van der Waals surface area contributed by atoms with E-state index in [4.69, 9.17) is 0 Å².